The van der Waals surface area contributed by atoms with Gasteiger partial charge in [-0.15, -0.1) is 0 Å². The van der Waals surface area contributed by atoms with Crippen LogP contribution in [0.2, 0.25) is 0 Å². The molecular formula is C20H39NO4. The lowest BCUT2D eigenvalue weighted by molar-refractivity contribution is -0.226. The normalized spacial score (nSPS) is 11.5. The number of rotatable bonds is 18. The van der Waals surface area contributed by atoms with Crippen LogP contribution < -0.4 is 0 Å². The van der Waals surface area contributed by atoms with E-state index in [0.717, 1.165) is 30.7 Å². The van der Waals surface area contributed by atoms with Crippen LogP contribution in [0.5, 0.6) is 0 Å². The molecule has 0 unspecified atom stereocenters. The third-order valence-electron chi connectivity index (χ3n) is 4.19. The van der Waals surface area contributed by atoms with Crippen molar-refractivity contribution < 1.29 is 19.8 Å². The number of aliphatic hydroxyl groups is 2. The van der Waals surface area contributed by atoms with Crippen LogP contribution in [0.3, 0.4) is 0 Å². The molecule has 0 amide bonds. The van der Waals surface area contributed by atoms with Crippen LogP contribution in [0.1, 0.15) is 96.8 Å². The number of aliphatic hydroxyl groups excluding tert-OH is 2. The first-order valence-corrected chi connectivity index (χ1v) is 10.1. The molecule has 0 heterocycles. The molecule has 25 heavy (non-hydrogen) atoms. The number of hydrogen-bond donors (Lipinski definition) is 2. The number of nitrogens with zero attached hydrogens (tertiary/aromatic N) is 1. The zero-order valence-electron chi connectivity index (χ0n) is 16.1. The molecule has 5 heteroatoms. The van der Waals surface area contributed by atoms with Gasteiger partial charge >= 0.3 is 5.97 Å². The molecule has 0 atom stereocenters. The van der Waals surface area contributed by atoms with Crippen LogP contribution >= 0.6 is 0 Å². The highest BCUT2D eigenvalue weighted by atomic mass is 16.7. The van der Waals surface area contributed by atoms with Crippen molar-refractivity contribution in [3.63, 3.8) is 0 Å². The summed E-state index contributed by atoms with van der Waals surface area (Å²) in [5, 5.41) is 18.3. The van der Waals surface area contributed by atoms with E-state index in [1.807, 2.05) is 0 Å². The van der Waals surface area contributed by atoms with Crippen molar-refractivity contribution in [3.05, 3.63) is 12.2 Å². The average Bonchev–Trinajstić information content (AvgIpc) is 2.62. The smallest absolute Gasteiger partial charge is 0.325 e. The topological polar surface area (TPSA) is 70.0 Å². The van der Waals surface area contributed by atoms with E-state index in [9.17, 15) is 4.79 Å². The minimum Gasteiger partial charge on any atom is -0.378 e. The summed E-state index contributed by atoms with van der Waals surface area (Å²) in [7, 11) is 0. The summed E-state index contributed by atoms with van der Waals surface area (Å²) in [5.41, 5.74) is 0. The molecule has 0 spiro atoms. The van der Waals surface area contributed by atoms with Crippen molar-refractivity contribution >= 4 is 5.97 Å². The molecule has 0 aromatic carbocycles. The lowest BCUT2D eigenvalue weighted by atomic mass is 10.1. The van der Waals surface area contributed by atoms with E-state index in [1.54, 1.807) is 0 Å². The number of hydrogen-bond acceptors (Lipinski definition) is 5. The molecule has 0 saturated carbocycles. The molecule has 0 aliphatic heterocycles. The first-order chi connectivity index (χ1) is 12.2. The summed E-state index contributed by atoms with van der Waals surface area (Å²) in [6, 6.07) is 0. The number of carbonyl (C=O) groups is 1. The van der Waals surface area contributed by atoms with Gasteiger partial charge in [0.1, 0.15) is 13.5 Å². The molecule has 0 bridgehead atoms. The minimum atomic E-state index is -0.491. The van der Waals surface area contributed by atoms with E-state index in [2.05, 4.69) is 19.1 Å². The molecule has 5 nitrogen and oxygen atoms in total. The Kier molecular flexibility index (Phi) is 18.7. The summed E-state index contributed by atoms with van der Waals surface area (Å²) in [6.07, 6.45) is 20.8. The molecule has 0 fully saturated rings. The second-order valence-electron chi connectivity index (χ2n) is 6.56. The number of unbranched alkanes of at least 4 members (excludes halogenated alkanes) is 11. The minimum absolute atomic E-state index is 0.328. The highest BCUT2D eigenvalue weighted by molar-refractivity contribution is 5.68. The first kappa shape index (κ1) is 24.1. The highest BCUT2D eigenvalue weighted by Crippen LogP contribution is 2.10. The number of hydroxylamine groups is 2. The van der Waals surface area contributed by atoms with Crippen LogP contribution in [0.4, 0.5) is 0 Å². The molecule has 0 aromatic rings. The SMILES string of the molecule is CCCCCCCC/C=C\CCCCCCCC(=O)ON(CO)CO. The van der Waals surface area contributed by atoms with E-state index < -0.39 is 19.4 Å². The zero-order chi connectivity index (χ0) is 18.6. The highest BCUT2D eigenvalue weighted by Gasteiger charge is 2.08. The Morgan fingerprint density at radius 2 is 1.28 bits per heavy atom. The van der Waals surface area contributed by atoms with Gasteiger partial charge in [0.25, 0.3) is 0 Å². The molecule has 0 radical (unpaired) electrons. The maximum absolute atomic E-state index is 11.4. The van der Waals surface area contributed by atoms with Crippen LogP contribution in [-0.2, 0) is 9.63 Å². The molecule has 148 valence electrons. The lowest BCUT2D eigenvalue weighted by Gasteiger charge is -2.14. The van der Waals surface area contributed by atoms with Crippen molar-refractivity contribution in [3.8, 4) is 0 Å². The van der Waals surface area contributed by atoms with Crippen molar-refractivity contribution in [2.24, 2.45) is 0 Å². The Balaban J connectivity index is 3.28. The Morgan fingerprint density at radius 3 is 1.80 bits per heavy atom. The van der Waals surface area contributed by atoms with Gasteiger partial charge < -0.3 is 15.1 Å². The van der Waals surface area contributed by atoms with E-state index in [0.29, 0.717) is 6.42 Å². The largest absolute Gasteiger partial charge is 0.378 e. The van der Waals surface area contributed by atoms with Gasteiger partial charge in [-0.05, 0) is 32.1 Å². The summed E-state index contributed by atoms with van der Waals surface area (Å²) < 4.78 is 0. The van der Waals surface area contributed by atoms with Gasteiger partial charge in [-0.25, -0.2) is 0 Å². The fraction of sp³-hybridized carbons (Fsp3) is 0.850. The third kappa shape index (κ3) is 17.7. The van der Waals surface area contributed by atoms with Gasteiger partial charge in [0, 0.05) is 6.42 Å². The number of carbonyl (C=O) groups excluding carboxylic acids is 1. The molecular weight excluding hydrogens is 318 g/mol. The Bertz CT molecular complexity index is 317. The fourth-order valence-electron chi connectivity index (χ4n) is 2.63. The predicted molar refractivity (Wildman–Crippen MR) is 102 cm³/mol. The average molecular weight is 358 g/mol. The predicted octanol–water partition coefficient (Wildman–Crippen LogP) is 4.68. The first-order valence-electron chi connectivity index (χ1n) is 10.1. The van der Waals surface area contributed by atoms with Crippen LogP contribution in [0.25, 0.3) is 0 Å². The molecule has 0 saturated heterocycles. The third-order valence-corrected chi connectivity index (χ3v) is 4.19. The maximum Gasteiger partial charge on any atom is 0.325 e. The van der Waals surface area contributed by atoms with Crippen LogP contribution in [0.15, 0.2) is 12.2 Å². The lowest BCUT2D eigenvalue weighted by Crippen LogP contribution is -2.29. The van der Waals surface area contributed by atoms with E-state index in [-0.39, 0.29) is 0 Å². The van der Waals surface area contributed by atoms with Gasteiger partial charge in [0.2, 0.25) is 0 Å². The Labute approximate surface area is 154 Å². The van der Waals surface area contributed by atoms with Gasteiger partial charge in [-0.3, -0.25) is 4.79 Å². The summed E-state index contributed by atoms with van der Waals surface area (Å²) in [6.45, 7) is 1.27. The molecule has 0 aliphatic rings. The molecule has 0 aromatic heterocycles. The monoisotopic (exact) mass is 357 g/mol. The van der Waals surface area contributed by atoms with E-state index >= 15 is 0 Å². The summed E-state index contributed by atoms with van der Waals surface area (Å²) in [5.74, 6) is -0.402. The Morgan fingerprint density at radius 1 is 0.800 bits per heavy atom. The van der Waals surface area contributed by atoms with Gasteiger partial charge in [0.15, 0.2) is 0 Å². The fourth-order valence-corrected chi connectivity index (χ4v) is 2.63. The van der Waals surface area contributed by atoms with E-state index in [1.165, 1.54) is 57.8 Å². The van der Waals surface area contributed by atoms with Gasteiger partial charge in [-0.2, -0.15) is 0 Å². The van der Waals surface area contributed by atoms with Gasteiger partial charge in [0.05, 0.1) is 0 Å². The second-order valence-corrected chi connectivity index (χ2v) is 6.56. The quantitative estimate of drug-likeness (QED) is 0.161. The zero-order valence-corrected chi connectivity index (χ0v) is 16.1. The van der Waals surface area contributed by atoms with Crippen LogP contribution in [0, 0.1) is 0 Å². The Hall–Kier alpha value is -0.910. The van der Waals surface area contributed by atoms with E-state index in [4.69, 9.17) is 15.1 Å². The van der Waals surface area contributed by atoms with Crippen molar-refractivity contribution in [1.29, 1.82) is 0 Å². The summed E-state index contributed by atoms with van der Waals surface area (Å²) >= 11 is 0. The molecule has 0 rings (SSSR count). The summed E-state index contributed by atoms with van der Waals surface area (Å²) in [4.78, 5) is 16.2. The maximum atomic E-state index is 11.4. The second kappa shape index (κ2) is 19.4. The van der Waals surface area contributed by atoms with Crippen molar-refractivity contribution in [2.45, 2.75) is 96.8 Å². The molecule has 2 N–H and O–H groups in total. The van der Waals surface area contributed by atoms with Gasteiger partial charge in [-0.1, -0.05) is 75.5 Å². The number of allylic oxidation sites excluding steroid dienone is 2. The van der Waals surface area contributed by atoms with Crippen LogP contribution in [-0.4, -0.2) is 34.7 Å². The van der Waals surface area contributed by atoms with Crippen molar-refractivity contribution in [1.82, 2.24) is 5.06 Å². The standard InChI is InChI=1S/C20H39NO4/c1-2-3-4-5-6-7-8-9-10-11-12-13-14-15-16-17-20(24)25-21(18-22)19-23/h9-10,22-23H,2-8,11-19H2,1H3/b10-9-. The van der Waals surface area contributed by atoms with Crippen molar-refractivity contribution in [2.75, 3.05) is 13.5 Å². The molecule has 0 aliphatic carbocycles.